The van der Waals surface area contributed by atoms with Crippen molar-refractivity contribution in [1.82, 2.24) is 35.4 Å². The molecule has 2 amide bonds. The number of hydrogen-bond donors (Lipinski definition) is 5. The highest BCUT2D eigenvalue weighted by Crippen LogP contribution is 2.32. The van der Waals surface area contributed by atoms with Crippen molar-refractivity contribution in [2.45, 2.75) is 32.7 Å². The normalized spacial score (nSPS) is 11.5. The number of phenolic OH excluding ortho intramolecular Hbond substituents is 1. The molecule has 3 aromatic heterocycles. The molecular formula is C38H58N8O11. The third-order valence-corrected chi connectivity index (χ3v) is 8.23. The molecule has 0 atom stereocenters. The number of aromatic nitrogens is 5. The maximum atomic E-state index is 12.2. The van der Waals surface area contributed by atoms with Gasteiger partial charge in [-0.05, 0) is 37.1 Å². The lowest BCUT2D eigenvalue weighted by Gasteiger charge is -2.09. The lowest BCUT2D eigenvalue weighted by Crippen LogP contribution is -2.26. The number of anilines is 1. The molecule has 0 radical (unpaired) electrons. The van der Waals surface area contributed by atoms with Gasteiger partial charge in [0.25, 0.3) is 0 Å². The number of carbonyl (C=O) groups excluding carboxylic acids is 2. The number of benzene rings is 1. The molecule has 0 spiro atoms. The van der Waals surface area contributed by atoms with Gasteiger partial charge in [-0.25, -0.2) is 14.6 Å². The number of H-pyrrole nitrogens is 1. The van der Waals surface area contributed by atoms with Gasteiger partial charge >= 0.3 is 0 Å². The van der Waals surface area contributed by atoms with E-state index in [2.05, 4.69) is 25.6 Å². The zero-order valence-corrected chi connectivity index (χ0v) is 32.8. The summed E-state index contributed by atoms with van der Waals surface area (Å²) < 4.78 is 45.5. The van der Waals surface area contributed by atoms with Crippen LogP contribution in [0.2, 0.25) is 0 Å². The fourth-order valence-corrected chi connectivity index (χ4v) is 5.43. The van der Waals surface area contributed by atoms with Crippen LogP contribution in [0.25, 0.3) is 33.3 Å². The van der Waals surface area contributed by atoms with Crippen LogP contribution in [-0.2, 0) is 54.0 Å². The highest BCUT2D eigenvalue weighted by atomic mass is 16.6. The van der Waals surface area contributed by atoms with E-state index in [1.54, 1.807) is 12.1 Å². The van der Waals surface area contributed by atoms with Crippen LogP contribution in [0.4, 0.5) is 5.82 Å². The summed E-state index contributed by atoms with van der Waals surface area (Å²) in [5, 5.41) is 21.8. The van der Waals surface area contributed by atoms with Gasteiger partial charge in [-0.2, -0.15) is 5.10 Å². The van der Waals surface area contributed by atoms with E-state index in [0.717, 1.165) is 29.4 Å². The van der Waals surface area contributed by atoms with Gasteiger partial charge in [0.1, 0.15) is 23.6 Å². The minimum atomic E-state index is -0.0713. The summed E-state index contributed by atoms with van der Waals surface area (Å²) in [4.78, 5) is 34.9. The van der Waals surface area contributed by atoms with E-state index >= 15 is 0 Å². The fraction of sp³-hybridized carbons (Fsp3) is 0.605. The molecule has 0 fully saturated rings. The first-order valence-electron chi connectivity index (χ1n) is 19.3. The first-order valence-corrected chi connectivity index (χ1v) is 19.3. The van der Waals surface area contributed by atoms with Crippen LogP contribution >= 0.6 is 0 Å². The maximum absolute atomic E-state index is 12.2. The number of unbranched alkanes of at least 4 members (excludes halogenated alkanes) is 1. The zero-order chi connectivity index (χ0) is 40.3. The molecule has 0 unspecified atom stereocenters. The molecule has 316 valence electrons. The van der Waals surface area contributed by atoms with Crippen LogP contribution in [0.5, 0.6) is 5.75 Å². The van der Waals surface area contributed by atoms with Gasteiger partial charge in [-0.15, -0.1) is 0 Å². The topological polar surface area (TPSA) is 238 Å². The van der Waals surface area contributed by atoms with Gasteiger partial charge in [0.05, 0.1) is 117 Å². The van der Waals surface area contributed by atoms with Crippen molar-refractivity contribution in [3.8, 4) is 17.1 Å². The largest absolute Gasteiger partial charge is 0.508 e. The van der Waals surface area contributed by atoms with Crippen LogP contribution in [0, 0.1) is 0 Å². The Balaban J connectivity index is 0.889. The number of aryl methyl sites for hydroxylation is 1. The number of nitrogens with one attached hydrogen (secondary N) is 3. The summed E-state index contributed by atoms with van der Waals surface area (Å²) >= 11 is 0. The average molecular weight is 803 g/mol. The zero-order valence-electron chi connectivity index (χ0n) is 32.8. The molecule has 0 bridgehead atoms. The van der Waals surface area contributed by atoms with Crippen molar-refractivity contribution >= 4 is 39.6 Å². The Bertz CT molecular complexity index is 1740. The minimum Gasteiger partial charge on any atom is -0.508 e. The number of ether oxygens (including phenoxy) is 8. The number of nitrogen functional groups attached to an aromatic ring is 1. The number of fused-ring (bicyclic) bond motifs is 2. The van der Waals surface area contributed by atoms with E-state index in [1.807, 2.05) is 16.8 Å². The Morgan fingerprint density at radius 3 is 1.86 bits per heavy atom. The fourth-order valence-electron chi connectivity index (χ4n) is 5.43. The van der Waals surface area contributed by atoms with E-state index in [9.17, 15) is 14.7 Å². The number of aromatic hydroxyl groups is 1. The molecule has 0 aliphatic carbocycles. The molecule has 0 aliphatic heterocycles. The second-order valence-corrected chi connectivity index (χ2v) is 12.7. The van der Waals surface area contributed by atoms with Gasteiger partial charge in [0.2, 0.25) is 11.8 Å². The number of rotatable bonds is 33. The number of nitrogens with two attached hydrogens (primary N) is 1. The highest BCUT2D eigenvalue weighted by Gasteiger charge is 2.18. The minimum absolute atomic E-state index is 0.0698. The number of carbonyl (C=O) groups is 2. The number of nitrogens with zero attached hydrogens (tertiary/aromatic N) is 4. The van der Waals surface area contributed by atoms with Crippen LogP contribution < -0.4 is 16.4 Å². The number of aromatic amines is 1. The van der Waals surface area contributed by atoms with E-state index in [-0.39, 0.29) is 24.0 Å². The quantitative estimate of drug-likeness (QED) is 0.0432. The predicted octanol–water partition coefficient (Wildman–Crippen LogP) is 1.82. The second-order valence-electron chi connectivity index (χ2n) is 12.7. The lowest BCUT2D eigenvalue weighted by atomic mass is 10.2. The van der Waals surface area contributed by atoms with E-state index in [0.29, 0.717) is 148 Å². The van der Waals surface area contributed by atoms with Crippen LogP contribution in [0.15, 0.2) is 30.6 Å². The number of amides is 2. The monoisotopic (exact) mass is 802 g/mol. The summed E-state index contributed by atoms with van der Waals surface area (Å²) in [6.07, 6.45) is 3.21. The van der Waals surface area contributed by atoms with Crippen molar-refractivity contribution in [2.75, 3.05) is 125 Å². The molecule has 3 heterocycles. The molecule has 0 saturated heterocycles. The van der Waals surface area contributed by atoms with Crippen molar-refractivity contribution in [3.63, 3.8) is 0 Å². The maximum Gasteiger partial charge on any atom is 0.222 e. The molecule has 4 rings (SSSR count). The summed E-state index contributed by atoms with van der Waals surface area (Å²) in [7, 11) is 0. The van der Waals surface area contributed by atoms with Crippen LogP contribution in [0.1, 0.15) is 26.2 Å². The first-order chi connectivity index (χ1) is 27.9. The van der Waals surface area contributed by atoms with Crippen molar-refractivity contribution in [2.24, 2.45) is 0 Å². The van der Waals surface area contributed by atoms with Gasteiger partial charge in [-0.3, -0.25) is 9.59 Å². The van der Waals surface area contributed by atoms with Crippen molar-refractivity contribution in [1.29, 1.82) is 0 Å². The summed E-state index contributed by atoms with van der Waals surface area (Å²) in [5.41, 5.74) is 9.13. The van der Waals surface area contributed by atoms with E-state index < -0.39 is 0 Å². The van der Waals surface area contributed by atoms with Crippen LogP contribution in [0.3, 0.4) is 0 Å². The molecule has 0 saturated carbocycles. The van der Waals surface area contributed by atoms with Gasteiger partial charge in [0.15, 0.2) is 5.65 Å². The molecule has 1 aromatic carbocycles. The Hall–Kier alpha value is -4.47. The molecule has 4 aromatic rings. The third kappa shape index (κ3) is 17.7. The standard InChI is InChI=1S/C38H58N8O11/c1-29(47)40-8-11-51-13-15-53-17-19-55-21-23-57-25-24-56-22-20-54-18-16-52-14-12-50-10-6-34(49)41-7-2-3-9-46-38-35(37(39)42-28-43-38)36(45-46)33-27-30-26-31(48)4-5-32(30)44-33/h4-5,26-28,44,48H,2-3,6-25H2,1H3,(H,40,47)(H,41,49)(H2,39,42,43). The Kier molecular flexibility index (Phi) is 21.6. The van der Waals surface area contributed by atoms with Gasteiger partial charge < -0.3 is 64.4 Å². The molecule has 57 heavy (non-hydrogen) atoms. The summed E-state index contributed by atoms with van der Waals surface area (Å²) in [6, 6.07) is 7.03. The predicted molar refractivity (Wildman–Crippen MR) is 211 cm³/mol. The number of phenols is 1. The molecule has 6 N–H and O–H groups in total. The molecular weight excluding hydrogens is 744 g/mol. The second kappa shape index (κ2) is 27.2. The van der Waals surface area contributed by atoms with Gasteiger partial charge in [-0.1, -0.05) is 0 Å². The third-order valence-electron chi connectivity index (χ3n) is 8.23. The lowest BCUT2D eigenvalue weighted by molar-refractivity contribution is -0.122. The first kappa shape index (κ1) is 45.2. The Labute approximate surface area is 332 Å². The van der Waals surface area contributed by atoms with Crippen LogP contribution in [-0.4, -0.2) is 160 Å². The summed E-state index contributed by atoms with van der Waals surface area (Å²) in [5.74, 6) is 0.380. The molecule has 0 aliphatic rings. The molecule has 19 nitrogen and oxygen atoms in total. The SMILES string of the molecule is CC(=O)NCCOCCOCCOCCOCCOCCOCCOCCOCCC(=O)NCCCCn1nc(-c2cc3cc(O)ccc3[nH]2)c2c(N)ncnc21. The average Bonchev–Trinajstić information content (AvgIpc) is 3.79. The molecule has 19 heteroatoms. The van der Waals surface area contributed by atoms with Crippen molar-refractivity contribution < 1.29 is 52.6 Å². The Morgan fingerprint density at radius 1 is 0.719 bits per heavy atom. The Morgan fingerprint density at radius 2 is 1.28 bits per heavy atom. The van der Waals surface area contributed by atoms with E-state index in [4.69, 9.17) is 48.7 Å². The van der Waals surface area contributed by atoms with Gasteiger partial charge in [0, 0.05) is 43.9 Å². The number of hydrogen-bond acceptors (Lipinski definition) is 15. The van der Waals surface area contributed by atoms with Crippen molar-refractivity contribution in [3.05, 3.63) is 30.6 Å². The smallest absolute Gasteiger partial charge is 0.222 e. The highest BCUT2D eigenvalue weighted by molar-refractivity contribution is 6.00. The van der Waals surface area contributed by atoms with E-state index in [1.165, 1.54) is 13.3 Å². The summed E-state index contributed by atoms with van der Waals surface area (Å²) in [6.45, 7) is 10.3.